The van der Waals surface area contributed by atoms with Gasteiger partial charge in [-0.3, -0.25) is 4.99 Å². The lowest BCUT2D eigenvalue weighted by molar-refractivity contribution is 0.0474. The zero-order valence-electron chi connectivity index (χ0n) is 17.9. The number of aromatic nitrogens is 1. The van der Waals surface area contributed by atoms with Gasteiger partial charge in [-0.25, -0.2) is 9.78 Å². The van der Waals surface area contributed by atoms with Gasteiger partial charge in [0.1, 0.15) is 5.60 Å². The van der Waals surface area contributed by atoms with E-state index in [4.69, 9.17) is 4.74 Å². The zero-order valence-corrected chi connectivity index (χ0v) is 18.8. The van der Waals surface area contributed by atoms with Gasteiger partial charge in [-0.2, -0.15) is 0 Å². The van der Waals surface area contributed by atoms with Crippen molar-refractivity contribution in [2.24, 2.45) is 4.99 Å². The van der Waals surface area contributed by atoms with Crippen LogP contribution in [0, 0.1) is 6.92 Å². The van der Waals surface area contributed by atoms with Gasteiger partial charge < -0.3 is 20.7 Å². The van der Waals surface area contributed by atoms with Crippen molar-refractivity contribution in [2.75, 3.05) is 20.1 Å². The second kappa shape index (κ2) is 9.92. The minimum absolute atomic E-state index is 0.428. The summed E-state index contributed by atoms with van der Waals surface area (Å²) in [5.41, 5.74) is 0.187. The highest BCUT2D eigenvalue weighted by molar-refractivity contribution is 7.11. The summed E-state index contributed by atoms with van der Waals surface area (Å²) in [6.45, 7) is 14.9. The number of ether oxygens (including phenoxy) is 1. The number of carbonyl (C=O) groups excluding carboxylic acids is 1. The molecule has 1 rings (SSSR count). The van der Waals surface area contributed by atoms with Gasteiger partial charge in [0.15, 0.2) is 5.96 Å². The first-order chi connectivity index (χ1) is 12.5. The van der Waals surface area contributed by atoms with Gasteiger partial charge in [0.25, 0.3) is 0 Å². The van der Waals surface area contributed by atoms with Crippen LogP contribution in [0.3, 0.4) is 0 Å². The van der Waals surface area contributed by atoms with E-state index < -0.39 is 17.2 Å². The first-order valence-corrected chi connectivity index (χ1v) is 10.2. The van der Waals surface area contributed by atoms with Gasteiger partial charge in [0, 0.05) is 31.4 Å². The lowest BCUT2D eigenvalue weighted by Gasteiger charge is -2.29. The molecule has 0 fully saturated rings. The third-order valence-electron chi connectivity index (χ3n) is 3.66. The second-order valence-electron chi connectivity index (χ2n) is 8.08. The molecule has 0 unspecified atom stereocenters. The third kappa shape index (κ3) is 9.08. The molecule has 0 radical (unpaired) electrons. The summed E-state index contributed by atoms with van der Waals surface area (Å²) in [5.74, 6) is 0.693. The molecule has 8 heteroatoms. The topological polar surface area (TPSA) is 87.6 Å². The Morgan fingerprint density at radius 1 is 1.22 bits per heavy atom. The molecule has 7 nitrogen and oxygen atoms in total. The summed E-state index contributed by atoms with van der Waals surface area (Å²) in [6, 6.07) is 0. The van der Waals surface area contributed by atoms with E-state index in [1.54, 1.807) is 18.4 Å². The maximum Gasteiger partial charge on any atom is 0.408 e. The van der Waals surface area contributed by atoms with Crippen LogP contribution < -0.4 is 16.0 Å². The van der Waals surface area contributed by atoms with Crippen LogP contribution in [-0.4, -0.2) is 48.3 Å². The van der Waals surface area contributed by atoms with Crippen LogP contribution in [0.25, 0.3) is 0 Å². The fourth-order valence-corrected chi connectivity index (χ4v) is 3.38. The van der Waals surface area contributed by atoms with Crippen molar-refractivity contribution in [3.63, 3.8) is 0 Å². The van der Waals surface area contributed by atoms with Crippen molar-refractivity contribution >= 4 is 23.4 Å². The number of hydrogen-bond donors (Lipinski definition) is 3. The standard InChI is InChI=1S/C19H35N5O2S/c1-9-14-13(2)27-15(23-14)10-11-21-16(20-8)22-12-19(6,7)24-17(25)26-18(3,4)5/h9-12H2,1-8H3,(H,24,25)(H2,20,21,22). The molecule has 0 saturated carbocycles. The molecule has 1 aromatic rings. The van der Waals surface area contributed by atoms with Crippen molar-refractivity contribution in [1.29, 1.82) is 0 Å². The largest absolute Gasteiger partial charge is 0.444 e. The van der Waals surface area contributed by atoms with E-state index in [1.807, 2.05) is 34.6 Å². The van der Waals surface area contributed by atoms with E-state index in [-0.39, 0.29) is 0 Å². The van der Waals surface area contributed by atoms with Gasteiger partial charge in [-0.1, -0.05) is 6.92 Å². The fourth-order valence-electron chi connectivity index (χ4n) is 2.36. The Hall–Kier alpha value is -1.83. The van der Waals surface area contributed by atoms with Crippen LogP contribution in [0.5, 0.6) is 0 Å². The highest BCUT2D eigenvalue weighted by atomic mass is 32.1. The molecule has 0 aliphatic carbocycles. The molecular formula is C19H35N5O2S. The molecule has 3 N–H and O–H groups in total. The average molecular weight is 398 g/mol. The predicted molar refractivity (Wildman–Crippen MR) is 113 cm³/mol. The monoisotopic (exact) mass is 397 g/mol. The number of aliphatic imine (C=N–C) groups is 1. The van der Waals surface area contributed by atoms with Crippen molar-refractivity contribution in [2.45, 2.75) is 72.4 Å². The first-order valence-electron chi connectivity index (χ1n) is 9.36. The van der Waals surface area contributed by atoms with E-state index in [0.717, 1.165) is 24.4 Å². The van der Waals surface area contributed by atoms with Crippen LogP contribution in [0.2, 0.25) is 0 Å². The highest BCUT2D eigenvalue weighted by Gasteiger charge is 2.24. The molecule has 27 heavy (non-hydrogen) atoms. The molecular weight excluding hydrogens is 362 g/mol. The van der Waals surface area contributed by atoms with E-state index in [2.05, 4.69) is 39.8 Å². The zero-order chi connectivity index (χ0) is 20.7. The molecule has 0 spiro atoms. The molecule has 1 amide bonds. The summed E-state index contributed by atoms with van der Waals surface area (Å²) in [6.07, 6.45) is 1.40. The summed E-state index contributed by atoms with van der Waals surface area (Å²) in [5, 5.41) is 10.5. The summed E-state index contributed by atoms with van der Waals surface area (Å²) < 4.78 is 5.31. The quantitative estimate of drug-likeness (QED) is 0.486. The molecule has 1 heterocycles. The summed E-state index contributed by atoms with van der Waals surface area (Å²) in [7, 11) is 1.73. The molecule has 0 aliphatic rings. The number of carbonyl (C=O) groups is 1. The number of aryl methyl sites for hydroxylation is 2. The SMILES string of the molecule is CCc1nc(CCNC(=NC)NCC(C)(C)NC(=O)OC(C)(C)C)sc1C. The van der Waals surface area contributed by atoms with Gasteiger partial charge in [0.2, 0.25) is 0 Å². The average Bonchev–Trinajstić information content (AvgIpc) is 2.88. The van der Waals surface area contributed by atoms with Crippen molar-refractivity contribution in [1.82, 2.24) is 20.9 Å². The number of alkyl carbamates (subject to hydrolysis) is 1. The van der Waals surface area contributed by atoms with Crippen molar-refractivity contribution in [3.05, 3.63) is 15.6 Å². The van der Waals surface area contributed by atoms with Crippen LogP contribution in [0.4, 0.5) is 4.79 Å². The number of thiazole rings is 1. The number of amides is 1. The Labute approximate surface area is 167 Å². The van der Waals surface area contributed by atoms with Gasteiger partial charge in [0.05, 0.1) is 16.2 Å². The van der Waals surface area contributed by atoms with Crippen LogP contribution in [-0.2, 0) is 17.6 Å². The maximum absolute atomic E-state index is 12.0. The van der Waals surface area contributed by atoms with Gasteiger partial charge >= 0.3 is 6.09 Å². The number of hydrogen-bond acceptors (Lipinski definition) is 5. The van der Waals surface area contributed by atoms with E-state index >= 15 is 0 Å². The van der Waals surface area contributed by atoms with E-state index in [1.165, 1.54) is 10.6 Å². The maximum atomic E-state index is 12.0. The van der Waals surface area contributed by atoms with E-state index in [9.17, 15) is 4.79 Å². The molecule has 0 bridgehead atoms. The number of rotatable bonds is 7. The Morgan fingerprint density at radius 3 is 2.41 bits per heavy atom. The van der Waals surface area contributed by atoms with Gasteiger partial charge in [-0.05, 0) is 48.0 Å². The summed E-state index contributed by atoms with van der Waals surface area (Å²) in [4.78, 5) is 22.1. The third-order valence-corrected chi connectivity index (χ3v) is 4.74. The summed E-state index contributed by atoms with van der Waals surface area (Å²) >= 11 is 1.75. The molecule has 0 aliphatic heterocycles. The minimum atomic E-state index is -0.517. The Balaban J connectivity index is 2.43. The Morgan fingerprint density at radius 2 is 1.89 bits per heavy atom. The van der Waals surface area contributed by atoms with Crippen LogP contribution in [0.15, 0.2) is 4.99 Å². The normalized spacial score (nSPS) is 12.7. The first kappa shape index (κ1) is 23.2. The lowest BCUT2D eigenvalue weighted by Crippen LogP contribution is -2.54. The number of guanidine groups is 1. The molecule has 154 valence electrons. The fraction of sp³-hybridized carbons (Fsp3) is 0.737. The number of nitrogens with one attached hydrogen (secondary N) is 3. The predicted octanol–water partition coefficient (Wildman–Crippen LogP) is 3.02. The molecule has 0 atom stereocenters. The molecule has 0 aromatic carbocycles. The smallest absolute Gasteiger partial charge is 0.408 e. The molecule has 0 saturated heterocycles. The van der Waals surface area contributed by atoms with Crippen molar-refractivity contribution in [3.8, 4) is 0 Å². The molecule has 1 aromatic heterocycles. The van der Waals surface area contributed by atoms with Crippen LogP contribution >= 0.6 is 11.3 Å². The van der Waals surface area contributed by atoms with Crippen molar-refractivity contribution < 1.29 is 9.53 Å². The minimum Gasteiger partial charge on any atom is -0.444 e. The Bertz CT molecular complexity index is 647. The highest BCUT2D eigenvalue weighted by Crippen LogP contribution is 2.17. The lowest BCUT2D eigenvalue weighted by atomic mass is 10.1. The van der Waals surface area contributed by atoms with Crippen LogP contribution in [0.1, 0.15) is 57.1 Å². The second-order valence-corrected chi connectivity index (χ2v) is 9.37. The van der Waals surface area contributed by atoms with E-state index in [0.29, 0.717) is 12.5 Å². The Kier molecular flexibility index (Phi) is 8.53. The van der Waals surface area contributed by atoms with Gasteiger partial charge in [-0.15, -0.1) is 11.3 Å². The number of nitrogens with zero attached hydrogens (tertiary/aromatic N) is 2.